The van der Waals surface area contributed by atoms with Crippen molar-refractivity contribution in [3.8, 4) is 0 Å². The van der Waals surface area contributed by atoms with E-state index in [1.54, 1.807) is 6.07 Å². The molecule has 1 aromatic heterocycles. The van der Waals surface area contributed by atoms with Gasteiger partial charge in [-0.3, -0.25) is 0 Å². The van der Waals surface area contributed by atoms with Crippen molar-refractivity contribution in [2.45, 2.75) is 25.9 Å². The van der Waals surface area contributed by atoms with Crippen LogP contribution in [0.3, 0.4) is 0 Å². The summed E-state index contributed by atoms with van der Waals surface area (Å²) < 4.78 is 6.26. The molecule has 0 saturated carbocycles. The van der Waals surface area contributed by atoms with E-state index >= 15 is 0 Å². The molecule has 1 aromatic carbocycles. The fourth-order valence-corrected chi connectivity index (χ4v) is 2.85. The summed E-state index contributed by atoms with van der Waals surface area (Å²) in [4.78, 5) is 0. The van der Waals surface area contributed by atoms with Gasteiger partial charge in [0.25, 0.3) is 0 Å². The minimum Gasteiger partial charge on any atom is -0.453 e. The quantitative estimate of drug-likeness (QED) is 0.747. The number of rotatable bonds is 4. The third-order valence-electron chi connectivity index (χ3n) is 2.95. The molecular weight excluding hydrogens is 349 g/mol. The average Bonchev–Trinajstić information content (AvgIpc) is 2.75. The van der Waals surface area contributed by atoms with Crippen LogP contribution in [0.4, 0.5) is 0 Å². The molecule has 0 aliphatic heterocycles. The molecule has 0 fully saturated rings. The molecule has 2 aromatic rings. The topological polar surface area (TPSA) is 25.2 Å². The Bertz CT molecular complexity index is 570. The van der Waals surface area contributed by atoms with Crippen LogP contribution in [-0.4, -0.2) is 0 Å². The summed E-state index contributed by atoms with van der Waals surface area (Å²) in [5.41, 5.74) is 1.02. The molecule has 5 heteroatoms. The minimum atomic E-state index is 0.0908. The molecule has 1 N–H and O–H groups in total. The number of hydrogen-bond acceptors (Lipinski definition) is 2. The van der Waals surface area contributed by atoms with E-state index in [4.69, 9.17) is 27.6 Å². The highest BCUT2D eigenvalue weighted by Crippen LogP contribution is 2.28. The van der Waals surface area contributed by atoms with Gasteiger partial charge in [-0.15, -0.1) is 0 Å². The number of halogens is 3. The van der Waals surface area contributed by atoms with Crippen LogP contribution in [0.15, 0.2) is 39.4 Å². The van der Waals surface area contributed by atoms with Crippen molar-refractivity contribution < 1.29 is 4.42 Å². The molecule has 2 nitrogen and oxygen atoms in total. The molecule has 2 rings (SSSR count). The standard InChI is InChI=1S/C14H14BrCl2NO/c1-8(11-4-3-10(16)7-12(11)17)18-9(2)13-5-6-14(15)19-13/h3-9,18H,1-2H3. The summed E-state index contributed by atoms with van der Waals surface area (Å²) in [6, 6.07) is 9.55. The van der Waals surface area contributed by atoms with E-state index in [0.717, 1.165) is 16.0 Å². The molecule has 102 valence electrons. The summed E-state index contributed by atoms with van der Waals surface area (Å²) in [5, 5.41) is 4.75. The number of furan rings is 1. The van der Waals surface area contributed by atoms with E-state index in [2.05, 4.69) is 28.2 Å². The number of nitrogens with one attached hydrogen (secondary N) is 1. The van der Waals surface area contributed by atoms with Crippen LogP contribution in [0, 0.1) is 0 Å². The minimum absolute atomic E-state index is 0.0908. The van der Waals surface area contributed by atoms with E-state index in [9.17, 15) is 0 Å². The zero-order chi connectivity index (χ0) is 14.0. The van der Waals surface area contributed by atoms with Crippen LogP contribution < -0.4 is 5.32 Å². The van der Waals surface area contributed by atoms with Gasteiger partial charge >= 0.3 is 0 Å². The van der Waals surface area contributed by atoms with Gasteiger partial charge in [-0.1, -0.05) is 29.3 Å². The lowest BCUT2D eigenvalue weighted by Crippen LogP contribution is -2.22. The summed E-state index contributed by atoms with van der Waals surface area (Å²) in [6.07, 6.45) is 0. The molecule has 0 bridgehead atoms. The monoisotopic (exact) mass is 361 g/mol. The Morgan fingerprint density at radius 2 is 1.84 bits per heavy atom. The summed E-state index contributed by atoms with van der Waals surface area (Å²) in [6.45, 7) is 4.11. The van der Waals surface area contributed by atoms with Gasteiger partial charge in [0.2, 0.25) is 0 Å². The van der Waals surface area contributed by atoms with Gasteiger partial charge in [-0.05, 0) is 59.6 Å². The van der Waals surface area contributed by atoms with Gasteiger partial charge in [0.15, 0.2) is 4.67 Å². The van der Waals surface area contributed by atoms with Crippen LogP contribution in [0.5, 0.6) is 0 Å². The smallest absolute Gasteiger partial charge is 0.169 e. The maximum Gasteiger partial charge on any atom is 0.169 e. The van der Waals surface area contributed by atoms with Gasteiger partial charge in [0.1, 0.15) is 5.76 Å². The van der Waals surface area contributed by atoms with E-state index < -0.39 is 0 Å². The Kier molecular flexibility index (Phi) is 4.96. The van der Waals surface area contributed by atoms with Crippen LogP contribution in [0.1, 0.15) is 37.3 Å². The predicted molar refractivity (Wildman–Crippen MR) is 82.8 cm³/mol. The summed E-state index contributed by atoms with van der Waals surface area (Å²) >= 11 is 15.4. The third-order valence-corrected chi connectivity index (χ3v) is 3.94. The van der Waals surface area contributed by atoms with Crippen LogP contribution in [0.25, 0.3) is 0 Å². The first-order valence-corrected chi connectivity index (χ1v) is 7.48. The zero-order valence-electron chi connectivity index (χ0n) is 10.6. The Balaban J connectivity index is 2.10. The Labute approximate surface area is 131 Å². The van der Waals surface area contributed by atoms with Crippen molar-refractivity contribution in [1.29, 1.82) is 0 Å². The maximum atomic E-state index is 6.20. The first kappa shape index (κ1) is 14.9. The normalized spacial score (nSPS) is 14.4. The molecule has 0 radical (unpaired) electrons. The van der Waals surface area contributed by atoms with Crippen LogP contribution in [0.2, 0.25) is 10.0 Å². The Hall–Kier alpha value is -0.480. The van der Waals surface area contributed by atoms with Crippen molar-refractivity contribution in [3.63, 3.8) is 0 Å². The van der Waals surface area contributed by atoms with E-state index in [-0.39, 0.29) is 12.1 Å². The fraction of sp³-hybridized carbons (Fsp3) is 0.286. The van der Waals surface area contributed by atoms with Crippen LogP contribution >= 0.6 is 39.1 Å². The first-order valence-electron chi connectivity index (χ1n) is 5.93. The zero-order valence-corrected chi connectivity index (χ0v) is 13.7. The molecule has 19 heavy (non-hydrogen) atoms. The largest absolute Gasteiger partial charge is 0.453 e. The summed E-state index contributed by atoms with van der Waals surface area (Å²) in [5.74, 6) is 0.879. The molecular formula is C14H14BrCl2NO. The van der Waals surface area contributed by atoms with E-state index in [1.165, 1.54) is 0 Å². The molecule has 0 spiro atoms. The Morgan fingerprint density at radius 3 is 2.42 bits per heavy atom. The molecule has 0 aliphatic carbocycles. The lowest BCUT2D eigenvalue weighted by molar-refractivity contribution is 0.394. The van der Waals surface area contributed by atoms with Gasteiger partial charge in [-0.25, -0.2) is 0 Å². The van der Waals surface area contributed by atoms with Crippen molar-refractivity contribution in [1.82, 2.24) is 5.32 Å². The lowest BCUT2D eigenvalue weighted by atomic mass is 10.1. The summed E-state index contributed by atoms with van der Waals surface area (Å²) in [7, 11) is 0. The van der Waals surface area contributed by atoms with Gasteiger partial charge < -0.3 is 9.73 Å². The van der Waals surface area contributed by atoms with Crippen molar-refractivity contribution in [2.75, 3.05) is 0 Å². The van der Waals surface area contributed by atoms with Gasteiger partial charge in [0.05, 0.1) is 6.04 Å². The fourth-order valence-electron chi connectivity index (χ4n) is 1.96. The van der Waals surface area contributed by atoms with Crippen molar-refractivity contribution in [3.05, 3.63) is 56.4 Å². The molecule has 0 aliphatic rings. The lowest BCUT2D eigenvalue weighted by Gasteiger charge is -2.20. The molecule has 0 saturated heterocycles. The number of hydrogen-bond donors (Lipinski definition) is 1. The second kappa shape index (κ2) is 6.31. The highest BCUT2D eigenvalue weighted by Gasteiger charge is 2.16. The second-order valence-corrected chi connectivity index (χ2v) is 6.04. The predicted octanol–water partition coefficient (Wildman–Crippen LogP) is 5.76. The third kappa shape index (κ3) is 3.76. The number of benzene rings is 1. The maximum absolute atomic E-state index is 6.20. The average molecular weight is 363 g/mol. The van der Waals surface area contributed by atoms with Gasteiger partial charge in [-0.2, -0.15) is 0 Å². The molecule has 2 atom stereocenters. The van der Waals surface area contributed by atoms with Crippen molar-refractivity contribution >= 4 is 39.1 Å². The van der Waals surface area contributed by atoms with Crippen LogP contribution in [-0.2, 0) is 0 Å². The second-order valence-electron chi connectivity index (χ2n) is 4.42. The highest BCUT2D eigenvalue weighted by atomic mass is 79.9. The molecule has 2 unspecified atom stereocenters. The Morgan fingerprint density at radius 1 is 1.11 bits per heavy atom. The molecule has 0 amide bonds. The highest BCUT2D eigenvalue weighted by molar-refractivity contribution is 9.10. The van der Waals surface area contributed by atoms with E-state index in [1.807, 2.05) is 31.2 Å². The van der Waals surface area contributed by atoms with Gasteiger partial charge in [0, 0.05) is 16.1 Å². The molecule has 1 heterocycles. The first-order chi connectivity index (χ1) is 8.97. The van der Waals surface area contributed by atoms with Crippen molar-refractivity contribution in [2.24, 2.45) is 0 Å². The SMILES string of the molecule is CC(NC(C)c1ccc(Cl)cc1Cl)c1ccc(Br)o1. The van der Waals surface area contributed by atoms with E-state index in [0.29, 0.717) is 10.0 Å².